The van der Waals surface area contributed by atoms with E-state index in [1.54, 1.807) is 18.2 Å². The van der Waals surface area contributed by atoms with Gasteiger partial charge < -0.3 is 0 Å². The molecule has 0 N–H and O–H groups in total. The van der Waals surface area contributed by atoms with E-state index in [1.807, 2.05) is 0 Å². The summed E-state index contributed by atoms with van der Waals surface area (Å²) < 4.78 is 11.9. The van der Waals surface area contributed by atoms with Gasteiger partial charge in [0.05, 0.1) is 5.56 Å². The summed E-state index contributed by atoms with van der Waals surface area (Å²) in [5.41, 5.74) is 0.176. The Morgan fingerprint density at radius 1 is 1.45 bits per heavy atom. The molecule has 0 unspecified atom stereocenters. The Balaban J connectivity index is 3.03. The summed E-state index contributed by atoms with van der Waals surface area (Å²) in [6.45, 7) is 0. The molecule has 0 aliphatic carbocycles. The zero-order valence-electron chi connectivity index (χ0n) is 5.38. The van der Waals surface area contributed by atoms with Gasteiger partial charge in [0.25, 0.3) is 0 Å². The highest BCUT2D eigenvalue weighted by Crippen LogP contribution is 2.16. The molecule has 0 aromatic heterocycles. The van der Waals surface area contributed by atoms with Crippen LogP contribution in [0.15, 0.2) is 28.7 Å². The van der Waals surface area contributed by atoms with Crippen molar-refractivity contribution in [3.63, 3.8) is 0 Å². The number of carbonyl (C=O) groups is 1. The second-order valence-corrected chi connectivity index (χ2v) is 2.70. The van der Waals surface area contributed by atoms with E-state index >= 15 is 0 Å². The van der Waals surface area contributed by atoms with Crippen molar-refractivity contribution in [1.29, 1.82) is 0 Å². The predicted octanol–water partition coefficient (Wildman–Crippen LogP) is 2.49. The smallest absolute Gasteiger partial charge is 0.249 e. The Morgan fingerprint density at radius 3 is 2.64 bits per heavy atom. The second kappa shape index (κ2) is 3.48. The Kier molecular flexibility index (Phi) is 2.59. The minimum Gasteiger partial charge on any atom is -0.249 e. The number of benzene rings is 1. The van der Waals surface area contributed by atoms with Crippen molar-refractivity contribution in [3.05, 3.63) is 34.3 Å². The Labute approximate surface area is 71.0 Å². The van der Waals surface area contributed by atoms with Crippen LogP contribution in [-0.2, 0) is 4.94 Å². The first-order valence-electron chi connectivity index (χ1n) is 2.83. The van der Waals surface area contributed by atoms with Crippen LogP contribution in [0.2, 0.25) is 0 Å². The fourth-order valence-corrected chi connectivity index (χ4v) is 1.11. The fraction of sp³-hybridized carbons (Fsp3) is 0. The minimum atomic E-state index is -0.988. The summed E-state index contributed by atoms with van der Waals surface area (Å²) in [7, 11) is 0. The van der Waals surface area contributed by atoms with E-state index in [1.165, 1.54) is 6.07 Å². The molecular formula is C7H4BrFO2. The first-order valence-corrected chi connectivity index (χ1v) is 3.62. The number of halogens is 2. The van der Waals surface area contributed by atoms with Gasteiger partial charge in [0.15, 0.2) is 0 Å². The summed E-state index contributed by atoms with van der Waals surface area (Å²) in [4.78, 5) is 13.7. The maximum absolute atomic E-state index is 11.4. The molecule has 0 aliphatic rings. The predicted molar refractivity (Wildman–Crippen MR) is 40.7 cm³/mol. The van der Waals surface area contributed by atoms with Gasteiger partial charge in [-0.15, -0.1) is 0 Å². The van der Waals surface area contributed by atoms with E-state index in [0.717, 1.165) is 0 Å². The van der Waals surface area contributed by atoms with Crippen molar-refractivity contribution in [3.8, 4) is 0 Å². The standard InChI is InChI=1S/C7H4BrFO2/c8-6-4-2-1-3-5(6)7(10)11-9/h1-4H. The molecule has 2 nitrogen and oxygen atoms in total. The van der Waals surface area contributed by atoms with Crippen LogP contribution in [0, 0.1) is 0 Å². The van der Waals surface area contributed by atoms with Crippen molar-refractivity contribution >= 4 is 21.9 Å². The van der Waals surface area contributed by atoms with E-state index in [4.69, 9.17) is 0 Å². The van der Waals surface area contributed by atoms with Crippen LogP contribution in [-0.4, -0.2) is 5.97 Å². The van der Waals surface area contributed by atoms with Gasteiger partial charge in [0.1, 0.15) is 0 Å². The zero-order valence-corrected chi connectivity index (χ0v) is 6.97. The number of hydrogen-bond donors (Lipinski definition) is 0. The molecule has 0 saturated carbocycles. The molecular weight excluding hydrogens is 215 g/mol. The Morgan fingerprint density at radius 2 is 2.09 bits per heavy atom. The average molecular weight is 219 g/mol. The molecule has 0 saturated heterocycles. The van der Waals surface area contributed by atoms with E-state index in [0.29, 0.717) is 4.47 Å². The highest BCUT2D eigenvalue weighted by Gasteiger charge is 2.10. The molecule has 1 aromatic rings. The first kappa shape index (κ1) is 8.20. The third-order valence-corrected chi connectivity index (χ3v) is 1.86. The van der Waals surface area contributed by atoms with Gasteiger partial charge in [-0.05, 0) is 28.1 Å². The summed E-state index contributed by atoms with van der Waals surface area (Å²) in [5.74, 6) is -0.988. The van der Waals surface area contributed by atoms with Crippen LogP contribution in [0.4, 0.5) is 4.53 Å². The van der Waals surface area contributed by atoms with Crippen molar-refractivity contribution < 1.29 is 14.3 Å². The third-order valence-electron chi connectivity index (χ3n) is 1.16. The van der Waals surface area contributed by atoms with E-state index in [9.17, 15) is 9.32 Å². The number of hydrogen-bond acceptors (Lipinski definition) is 2. The zero-order chi connectivity index (χ0) is 8.27. The van der Waals surface area contributed by atoms with Crippen molar-refractivity contribution in [2.45, 2.75) is 0 Å². The lowest BCUT2D eigenvalue weighted by Gasteiger charge is -1.96. The van der Waals surface area contributed by atoms with Gasteiger partial charge in [-0.2, -0.15) is 0 Å². The van der Waals surface area contributed by atoms with Crippen LogP contribution in [0.5, 0.6) is 0 Å². The van der Waals surface area contributed by atoms with Gasteiger partial charge in [-0.1, -0.05) is 12.1 Å². The molecule has 0 atom stereocenters. The van der Waals surface area contributed by atoms with Crippen molar-refractivity contribution in [2.24, 2.45) is 0 Å². The molecule has 1 rings (SSSR count). The average Bonchev–Trinajstić information content (AvgIpc) is 2.04. The normalized spacial score (nSPS) is 9.27. The summed E-state index contributed by atoms with van der Waals surface area (Å²) >= 11 is 3.07. The van der Waals surface area contributed by atoms with Crippen LogP contribution in [0.1, 0.15) is 10.4 Å². The van der Waals surface area contributed by atoms with Crippen LogP contribution < -0.4 is 0 Å². The Bertz CT molecular complexity index is 275. The molecule has 0 aliphatic heterocycles. The maximum Gasteiger partial charge on any atom is 0.380 e. The van der Waals surface area contributed by atoms with Gasteiger partial charge in [-0.25, -0.2) is 9.74 Å². The van der Waals surface area contributed by atoms with E-state index in [-0.39, 0.29) is 5.56 Å². The second-order valence-electron chi connectivity index (χ2n) is 1.84. The summed E-state index contributed by atoms with van der Waals surface area (Å²) in [5, 5.41) is 0. The molecule has 0 spiro atoms. The third kappa shape index (κ3) is 1.77. The molecule has 0 fully saturated rings. The van der Waals surface area contributed by atoms with Crippen LogP contribution in [0.25, 0.3) is 0 Å². The van der Waals surface area contributed by atoms with Crippen LogP contribution >= 0.6 is 15.9 Å². The number of carbonyl (C=O) groups excluding carboxylic acids is 1. The fourth-order valence-electron chi connectivity index (χ4n) is 0.668. The molecule has 0 heterocycles. The largest absolute Gasteiger partial charge is 0.380 e. The maximum atomic E-state index is 11.4. The summed E-state index contributed by atoms with van der Waals surface area (Å²) in [6.07, 6.45) is 0. The molecule has 4 heteroatoms. The van der Waals surface area contributed by atoms with Crippen molar-refractivity contribution in [1.82, 2.24) is 0 Å². The van der Waals surface area contributed by atoms with Gasteiger partial charge in [0, 0.05) is 9.00 Å². The molecule has 1 aromatic carbocycles. The van der Waals surface area contributed by atoms with E-state index in [2.05, 4.69) is 20.9 Å². The topological polar surface area (TPSA) is 26.3 Å². The summed E-state index contributed by atoms with van der Waals surface area (Å²) in [6, 6.07) is 6.44. The minimum absolute atomic E-state index is 0.176. The monoisotopic (exact) mass is 218 g/mol. The van der Waals surface area contributed by atoms with Gasteiger partial charge in [-0.3, -0.25) is 0 Å². The first-order chi connectivity index (χ1) is 5.25. The molecule has 0 bridgehead atoms. The molecule has 0 radical (unpaired) electrons. The lowest BCUT2D eigenvalue weighted by Crippen LogP contribution is -1.98. The van der Waals surface area contributed by atoms with Crippen LogP contribution in [0.3, 0.4) is 0 Å². The molecule has 11 heavy (non-hydrogen) atoms. The highest BCUT2D eigenvalue weighted by molar-refractivity contribution is 9.10. The lowest BCUT2D eigenvalue weighted by molar-refractivity contribution is -0.0788. The van der Waals surface area contributed by atoms with E-state index < -0.39 is 5.97 Å². The SMILES string of the molecule is O=C(OF)c1ccccc1Br. The van der Waals surface area contributed by atoms with Crippen molar-refractivity contribution in [2.75, 3.05) is 0 Å². The molecule has 58 valence electrons. The molecule has 0 amide bonds. The highest BCUT2D eigenvalue weighted by atomic mass is 79.9. The number of rotatable bonds is 1. The lowest BCUT2D eigenvalue weighted by atomic mass is 10.2. The quantitative estimate of drug-likeness (QED) is 0.725. The van der Waals surface area contributed by atoms with Gasteiger partial charge in [0.2, 0.25) is 0 Å². The Hall–Kier alpha value is -0.900. The van der Waals surface area contributed by atoms with Gasteiger partial charge >= 0.3 is 5.97 Å².